The van der Waals surface area contributed by atoms with Gasteiger partial charge in [0.25, 0.3) is 15.7 Å². The molecule has 0 unspecified atom stereocenters. The average Bonchev–Trinajstić information content (AvgIpc) is 2.60. The van der Waals surface area contributed by atoms with Crippen LogP contribution >= 0.6 is 11.6 Å². The highest BCUT2D eigenvalue weighted by molar-refractivity contribution is 7.92. The second kappa shape index (κ2) is 8.15. The van der Waals surface area contributed by atoms with E-state index >= 15 is 0 Å². The third-order valence-electron chi connectivity index (χ3n) is 3.33. The average molecular weight is 399 g/mol. The van der Waals surface area contributed by atoms with Gasteiger partial charge in [-0.2, -0.15) is 0 Å². The second-order valence-electron chi connectivity index (χ2n) is 5.04. The number of nitrogens with zero attached hydrogens (tertiary/aromatic N) is 2. The number of hydrogen-bond acceptors (Lipinski definition) is 6. The molecule has 0 fully saturated rings. The minimum absolute atomic E-state index is 0.0791. The summed E-state index contributed by atoms with van der Waals surface area (Å²) in [6.45, 7) is 1.12. The Morgan fingerprint density at radius 1 is 1.15 bits per heavy atom. The highest BCUT2D eigenvalue weighted by Crippen LogP contribution is 2.26. The van der Waals surface area contributed by atoms with Crippen molar-refractivity contribution >= 4 is 39.0 Å². The van der Waals surface area contributed by atoms with Crippen LogP contribution in [0.25, 0.3) is 0 Å². The highest BCUT2D eigenvalue weighted by Gasteiger charge is 2.28. The van der Waals surface area contributed by atoms with Gasteiger partial charge in [-0.1, -0.05) is 11.6 Å². The highest BCUT2D eigenvalue weighted by atomic mass is 35.5. The maximum Gasteiger partial charge on any atom is 0.326 e. The normalized spacial score (nSPS) is 11.0. The van der Waals surface area contributed by atoms with E-state index in [9.17, 15) is 23.3 Å². The molecule has 0 amide bonds. The summed E-state index contributed by atoms with van der Waals surface area (Å²) in [6, 6.07) is 10.3. The molecule has 0 atom stereocenters. The van der Waals surface area contributed by atoms with E-state index in [0.29, 0.717) is 5.02 Å². The summed E-state index contributed by atoms with van der Waals surface area (Å²) in [6.07, 6.45) is 0. The number of esters is 1. The predicted octanol–water partition coefficient (Wildman–Crippen LogP) is 3.01. The Kier molecular flexibility index (Phi) is 6.17. The van der Waals surface area contributed by atoms with E-state index in [1.807, 2.05) is 0 Å². The van der Waals surface area contributed by atoms with Crippen molar-refractivity contribution in [3.05, 3.63) is 63.7 Å². The van der Waals surface area contributed by atoms with Crippen molar-refractivity contribution in [3.63, 3.8) is 0 Å². The molecule has 0 aliphatic heterocycles. The molecule has 10 heteroatoms. The molecule has 0 bridgehead atoms. The van der Waals surface area contributed by atoms with Crippen LogP contribution in [-0.4, -0.2) is 32.5 Å². The predicted molar refractivity (Wildman–Crippen MR) is 95.7 cm³/mol. The summed E-state index contributed by atoms with van der Waals surface area (Å²) in [4.78, 5) is 22.0. The number of rotatable bonds is 7. The maximum atomic E-state index is 12.9. The van der Waals surface area contributed by atoms with Crippen LogP contribution in [0.4, 0.5) is 11.4 Å². The minimum atomic E-state index is -4.11. The van der Waals surface area contributed by atoms with Crippen LogP contribution in [0.1, 0.15) is 6.92 Å². The van der Waals surface area contributed by atoms with Crippen molar-refractivity contribution < 1.29 is 22.9 Å². The van der Waals surface area contributed by atoms with Gasteiger partial charge in [-0.15, -0.1) is 0 Å². The number of anilines is 1. The van der Waals surface area contributed by atoms with Crippen molar-refractivity contribution in [1.29, 1.82) is 0 Å². The van der Waals surface area contributed by atoms with Gasteiger partial charge < -0.3 is 4.74 Å². The number of nitro groups is 1. The van der Waals surface area contributed by atoms with Gasteiger partial charge in [0, 0.05) is 17.2 Å². The smallest absolute Gasteiger partial charge is 0.326 e. The first-order chi connectivity index (χ1) is 12.3. The Bertz CT molecular complexity index is 897. The number of sulfonamides is 1. The lowest BCUT2D eigenvalue weighted by Crippen LogP contribution is -2.36. The lowest BCUT2D eigenvalue weighted by molar-refractivity contribution is -0.384. The van der Waals surface area contributed by atoms with Crippen molar-refractivity contribution in [3.8, 4) is 0 Å². The molecule has 8 nitrogen and oxygen atoms in total. The zero-order valence-electron chi connectivity index (χ0n) is 13.7. The summed E-state index contributed by atoms with van der Waals surface area (Å²) in [5.41, 5.74) is -0.104. The fourth-order valence-corrected chi connectivity index (χ4v) is 3.65. The number of hydrogen-bond donors (Lipinski definition) is 0. The SMILES string of the molecule is CCOC(=O)CN(c1ccc([N+](=O)[O-])cc1)S(=O)(=O)c1ccc(Cl)cc1. The van der Waals surface area contributed by atoms with Gasteiger partial charge in [-0.25, -0.2) is 8.42 Å². The Morgan fingerprint density at radius 3 is 2.23 bits per heavy atom. The summed E-state index contributed by atoms with van der Waals surface area (Å²) < 4.78 is 31.6. The topological polar surface area (TPSA) is 107 Å². The van der Waals surface area contributed by atoms with Crippen molar-refractivity contribution in [2.45, 2.75) is 11.8 Å². The molecule has 0 heterocycles. The van der Waals surface area contributed by atoms with E-state index in [2.05, 4.69) is 0 Å². The van der Waals surface area contributed by atoms with E-state index in [1.165, 1.54) is 36.4 Å². The lowest BCUT2D eigenvalue weighted by Gasteiger charge is -2.23. The molecule has 138 valence electrons. The monoisotopic (exact) mass is 398 g/mol. The maximum absolute atomic E-state index is 12.9. The van der Waals surface area contributed by atoms with Gasteiger partial charge in [0.2, 0.25) is 0 Å². The molecular formula is C16H15ClN2O6S. The molecule has 2 aromatic rings. The molecule has 0 aromatic heterocycles. The van der Waals surface area contributed by atoms with Crippen LogP contribution in [0, 0.1) is 10.1 Å². The molecule has 0 N–H and O–H groups in total. The first-order valence-electron chi connectivity index (χ1n) is 7.44. The standard InChI is InChI=1S/C16H15ClN2O6S/c1-2-25-16(20)11-18(13-5-7-14(8-6-13)19(21)22)26(23,24)15-9-3-12(17)4-10-15/h3-10H,2,11H2,1H3. The van der Waals surface area contributed by atoms with Gasteiger partial charge in [0.05, 0.1) is 22.1 Å². The first kappa shape index (κ1) is 19.7. The molecule has 2 aromatic carbocycles. The Balaban J connectivity index is 2.47. The van der Waals surface area contributed by atoms with E-state index in [0.717, 1.165) is 16.4 Å². The molecule has 0 aliphatic rings. The largest absolute Gasteiger partial charge is 0.465 e. The first-order valence-corrected chi connectivity index (χ1v) is 9.26. The molecule has 0 saturated heterocycles. The van der Waals surface area contributed by atoms with Crippen LogP contribution in [0.2, 0.25) is 5.02 Å². The molecule has 2 rings (SSSR count). The molecule has 0 spiro atoms. The van der Waals surface area contributed by atoms with Crippen LogP contribution in [-0.2, 0) is 19.6 Å². The fraction of sp³-hybridized carbons (Fsp3) is 0.188. The summed E-state index contributed by atoms with van der Waals surface area (Å²) in [5, 5.41) is 11.1. The number of nitro benzene ring substituents is 1. The van der Waals surface area contributed by atoms with Gasteiger partial charge in [0.1, 0.15) is 6.54 Å². The van der Waals surface area contributed by atoms with Gasteiger partial charge in [-0.05, 0) is 43.3 Å². The minimum Gasteiger partial charge on any atom is -0.465 e. The molecular weight excluding hydrogens is 384 g/mol. The number of benzene rings is 2. The zero-order chi connectivity index (χ0) is 19.3. The number of carbonyl (C=O) groups excluding carboxylic acids is 1. The fourth-order valence-electron chi connectivity index (χ4n) is 2.11. The van der Waals surface area contributed by atoms with Crippen molar-refractivity contribution in [2.75, 3.05) is 17.5 Å². The third kappa shape index (κ3) is 4.50. The third-order valence-corrected chi connectivity index (χ3v) is 5.37. The Morgan fingerprint density at radius 2 is 1.73 bits per heavy atom. The van der Waals surface area contributed by atoms with Gasteiger partial charge in [0.15, 0.2) is 0 Å². The summed E-state index contributed by atoms with van der Waals surface area (Å²) >= 11 is 5.78. The molecule has 26 heavy (non-hydrogen) atoms. The summed E-state index contributed by atoms with van der Waals surface area (Å²) in [5.74, 6) is -0.747. The quantitative estimate of drug-likeness (QED) is 0.403. The number of halogens is 1. The number of non-ortho nitro benzene ring substituents is 1. The Labute approximate surface area is 155 Å². The van der Waals surface area contributed by atoms with E-state index < -0.39 is 27.5 Å². The number of ether oxygens (including phenoxy) is 1. The van der Waals surface area contributed by atoms with Crippen LogP contribution in [0.3, 0.4) is 0 Å². The second-order valence-corrected chi connectivity index (χ2v) is 7.34. The van der Waals surface area contributed by atoms with E-state index in [1.54, 1.807) is 6.92 Å². The molecule has 0 aliphatic carbocycles. The lowest BCUT2D eigenvalue weighted by atomic mass is 10.3. The Hall–Kier alpha value is -2.65. The summed E-state index contributed by atoms with van der Waals surface area (Å²) in [7, 11) is -4.11. The van der Waals surface area contributed by atoms with Gasteiger partial charge >= 0.3 is 5.97 Å². The van der Waals surface area contributed by atoms with Crippen LogP contribution in [0.15, 0.2) is 53.4 Å². The van der Waals surface area contributed by atoms with Crippen molar-refractivity contribution in [1.82, 2.24) is 0 Å². The van der Waals surface area contributed by atoms with Crippen LogP contribution in [0.5, 0.6) is 0 Å². The van der Waals surface area contributed by atoms with E-state index in [-0.39, 0.29) is 22.9 Å². The van der Waals surface area contributed by atoms with Gasteiger partial charge in [-0.3, -0.25) is 19.2 Å². The van der Waals surface area contributed by atoms with E-state index in [4.69, 9.17) is 16.3 Å². The molecule has 0 radical (unpaired) electrons. The molecule has 0 saturated carbocycles. The number of carbonyl (C=O) groups is 1. The van der Waals surface area contributed by atoms with Crippen molar-refractivity contribution in [2.24, 2.45) is 0 Å². The van der Waals surface area contributed by atoms with Crippen LogP contribution < -0.4 is 4.31 Å². The zero-order valence-corrected chi connectivity index (χ0v) is 15.2.